The lowest BCUT2D eigenvalue weighted by Gasteiger charge is -2.16. The molecular formula is C18H21NO4S2. The van der Waals surface area contributed by atoms with Gasteiger partial charge < -0.3 is 0 Å². The fourth-order valence-electron chi connectivity index (χ4n) is 3.29. The third-order valence-corrected chi connectivity index (χ3v) is 7.70. The van der Waals surface area contributed by atoms with E-state index < -0.39 is 19.9 Å². The highest BCUT2D eigenvalue weighted by Crippen LogP contribution is 2.32. The Morgan fingerprint density at radius 3 is 2.20 bits per heavy atom. The maximum atomic E-state index is 12.7. The summed E-state index contributed by atoms with van der Waals surface area (Å²) in [6, 6.07) is 13.5. The molecule has 1 aliphatic heterocycles. The standard InChI is InChI=1S/C18H21NO4S2/c1-14-12-17(25(22,23)16-6-4-3-5-7-16)8-9-18(14)15-10-11-19(13-15)24(2,20)21/h3-9,12,15H,10-11,13H2,1-2H3/t15-/m1/s1. The van der Waals surface area contributed by atoms with Gasteiger partial charge in [-0.05, 0) is 54.7 Å². The smallest absolute Gasteiger partial charge is 0.211 e. The van der Waals surface area contributed by atoms with Crippen molar-refractivity contribution < 1.29 is 16.8 Å². The molecule has 0 aromatic heterocycles. The second-order valence-electron chi connectivity index (χ2n) is 6.44. The van der Waals surface area contributed by atoms with Crippen molar-refractivity contribution in [3.05, 3.63) is 59.7 Å². The van der Waals surface area contributed by atoms with Gasteiger partial charge in [0.2, 0.25) is 19.9 Å². The Hall–Kier alpha value is -1.70. The third-order valence-electron chi connectivity index (χ3n) is 4.66. The summed E-state index contributed by atoms with van der Waals surface area (Å²) in [4.78, 5) is 0.532. The lowest BCUT2D eigenvalue weighted by atomic mass is 9.94. The summed E-state index contributed by atoms with van der Waals surface area (Å²) in [6.45, 7) is 2.83. The molecule has 1 aliphatic rings. The highest BCUT2D eigenvalue weighted by Gasteiger charge is 2.30. The van der Waals surface area contributed by atoms with E-state index in [2.05, 4.69) is 0 Å². The number of nitrogens with zero attached hydrogens (tertiary/aromatic N) is 1. The molecule has 5 nitrogen and oxygen atoms in total. The Balaban J connectivity index is 1.90. The van der Waals surface area contributed by atoms with Crippen molar-refractivity contribution in [2.24, 2.45) is 0 Å². The van der Waals surface area contributed by atoms with Crippen molar-refractivity contribution >= 4 is 19.9 Å². The van der Waals surface area contributed by atoms with E-state index >= 15 is 0 Å². The van der Waals surface area contributed by atoms with Gasteiger partial charge in [-0.3, -0.25) is 0 Å². The molecule has 0 radical (unpaired) electrons. The Morgan fingerprint density at radius 1 is 0.960 bits per heavy atom. The normalized spacial score (nSPS) is 19.2. The number of sulfone groups is 1. The van der Waals surface area contributed by atoms with E-state index in [-0.39, 0.29) is 15.7 Å². The van der Waals surface area contributed by atoms with Crippen LogP contribution < -0.4 is 0 Å². The SMILES string of the molecule is Cc1cc(S(=O)(=O)c2ccccc2)ccc1[C@@H]1CCN(S(C)(=O)=O)C1. The van der Waals surface area contributed by atoms with Crippen LogP contribution in [-0.2, 0) is 19.9 Å². The number of hydrogen-bond acceptors (Lipinski definition) is 4. The van der Waals surface area contributed by atoms with Gasteiger partial charge in [-0.1, -0.05) is 24.3 Å². The lowest BCUT2D eigenvalue weighted by Crippen LogP contribution is -2.27. The average molecular weight is 380 g/mol. The van der Waals surface area contributed by atoms with Gasteiger partial charge in [-0.15, -0.1) is 0 Å². The topological polar surface area (TPSA) is 71.5 Å². The van der Waals surface area contributed by atoms with Crippen LogP contribution in [-0.4, -0.2) is 40.5 Å². The van der Waals surface area contributed by atoms with E-state index in [0.717, 1.165) is 17.5 Å². The Labute approximate surface area is 149 Å². The first-order chi connectivity index (χ1) is 11.7. The summed E-state index contributed by atoms with van der Waals surface area (Å²) < 4.78 is 50.3. The summed E-state index contributed by atoms with van der Waals surface area (Å²) >= 11 is 0. The van der Waals surface area contributed by atoms with E-state index in [0.29, 0.717) is 13.1 Å². The maximum absolute atomic E-state index is 12.7. The van der Waals surface area contributed by atoms with Crippen molar-refractivity contribution in [2.75, 3.05) is 19.3 Å². The van der Waals surface area contributed by atoms with Gasteiger partial charge in [-0.2, -0.15) is 0 Å². The molecule has 0 spiro atoms. The summed E-state index contributed by atoms with van der Waals surface area (Å²) in [6.07, 6.45) is 1.97. The fraction of sp³-hybridized carbons (Fsp3) is 0.333. The zero-order chi connectivity index (χ0) is 18.2. The summed E-state index contributed by atoms with van der Waals surface area (Å²) in [5, 5.41) is 0. The zero-order valence-corrected chi connectivity index (χ0v) is 15.8. The number of hydrogen-bond donors (Lipinski definition) is 0. The second kappa shape index (κ2) is 6.55. The molecule has 0 N–H and O–H groups in total. The van der Waals surface area contributed by atoms with Crippen LogP contribution in [0.3, 0.4) is 0 Å². The molecule has 0 bridgehead atoms. The maximum Gasteiger partial charge on any atom is 0.211 e. The third kappa shape index (κ3) is 3.63. The van der Waals surface area contributed by atoms with Gasteiger partial charge in [0.15, 0.2) is 0 Å². The van der Waals surface area contributed by atoms with E-state index in [1.165, 1.54) is 10.6 Å². The first-order valence-electron chi connectivity index (χ1n) is 8.05. The van der Waals surface area contributed by atoms with Crippen LogP contribution in [0, 0.1) is 6.92 Å². The second-order valence-corrected chi connectivity index (χ2v) is 10.4. The number of rotatable bonds is 4. The molecule has 2 aromatic carbocycles. The predicted molar refractivity (Wildman–Crippen MR) is 96.8 cm³/mol. The van der Waals surface area contributed by atoms with Crippen LogP contribution in [0.15, 0.2) is 58.3 Å². The number of aryl methyl sites for hydroxylation is 1. The molecule has 0 saturated carbocycles. The van der Waals surface area contributed by atoms with Crippen molar-refractivity contribution in [3.63, 3.8) is 0 Å². The van der Waals surface area contributed by atoms with E-state index in [4.69, 9.17) is 0 Å². The van der Waals surface area contributed by atoms with Crippen molar-refractivity contribution in [3.8, 4) is 0 Å². The van der Waals surface area contributed by atoms with Crippen molar-refractivity contribution in [2.45, 2.75) is 29.1 Å². The molecule has 25 heavy (non-hydrogen) atoms. The van der Waals surface area contributed by atoms with Crippen LogP contribution in [0.4, 0.5) is 0 Å². The lowest BCUT2D eigenvalue weighted by molar-refractivity contribution is 0.478. The van der Waals surface area contributed by atoms with Gasteiger partial charge >= 0.3 is 0 Å². The first kappa shape index (κ1) is 18.1. The van der Waals surface area contributed by atoms with Crippen LogP contribution >= 0.6 is 0 Å². The molecule has 1 heterocycles. The van der Waals surface area contributed by atoms with Crippen LogP contribution in [0.1, 0.15) is 23.5 Å². The van der Waals surface area contributed by atoms with E-state index in [1.807, 2.05) is 13.0 Å². The highest BCUT2D eigenvalue weighted by molar-refractivity contribution is 7.91. The Kier molecular flexibility index (Phi) is 4.74. The Bertz CT molecular complexity index is 983. The van der Waals surface area contributed by atoms with Crippen LogP contribution in [0.2, 0.25) is 0 Å². The van der Waals surface area contributed by atoms with Gasteiger partial charge in [0.05, 0.1) is 16.0 Å². The molecule has 7 heteroatoms. The summed E-state index contributed by atoms with van der Waals surface area (Å²) in [7, 11) is -6.73. The van der Waals surface area contributed by atoms with Gasteiger partial charge in [0.1, 0.15) is 0 Å². The average Bonchev–Trinajstić information content (AvgIpc) is 3.05. The largest absolute Gasteiger partial charge is 0.219 e. The summed E-state index contributed by atoms with van der Waals surface area (Å²) in [5.74, 6) is 0.100. The van der Waals surface area contributed by atoms with Crippen LogP contribution in [0.25, 0.3) is 0 Å². The molecular weight excluding hydrogens is 358 g/mol. The summed E-state index contributed by atoms with van der Waals surface area (Å²) in [5.41, 5.74) is 1.88. The Morgan fingerprint density at radius 2 is 1.64 bits per heavy atom. The minimum atomic E-state index is -3.54. The molecule has 0 aliphatic carbocycles. The quantitative estimate of drug-likeness (QED) is 0.819. The molecule has 1 saturated heterocycles. The minimum Gasteiger partial charge on any atom is -0.219 e. The van der Waals surface area contributed by atoms with Crippen LogP contribution in [0.5, 0.6) is 0 Å². The molecule has 3 rings (SSSR count). The highest BCUT2D eigenvalue weighted by atomic mass is 32.2. The first-order valence-corrected chi connectivity index (χ1v) is 11.4. The number of benzene rings is 2. The molecule has 1 atom stereocenters. The molecule has 134 valence electrons. The van der Waals surface area contributed by atoms with Gasteiger partial charge in [0.25, 0.3) is 0 Å². The molecule has 0 amide bonds. The fourth-order valence-corrected chi connectivity index (χ4v) is 5.55. The monoisotopic (exact) mass is 379 g/mol. The van der Waals surface area contributed by atoms with Gasteiger partial charge in [-0.25, -0.2) is 21.1 Å². The molecule has 2 aromatic rings. The molecule has 0 unspecified atom stereocenters. The minimum absolute atomic E-state index is 0.100. The van der Waals surface area contributed by atoms with Crippen molar-refractivity contribution in [1.82, 2.24) is 4.31 Å². The molecule has 1 fully saturated rings. The van der Waals surface area contributed by atoms with E-state index in [1.54, 1.807) is 42.5 Å². The van der Waals surface area contributed by atoms with Crippen molar-refractivity contribution in [1.29, 1.82) is 0 Å². The zero-order valence-electron chi connectivity index (χ0n) is 14.2. The van der Waals surface area contributed by atoms with E-state index in [9.17, 15) is 16.8 Å². The predicted octanol–water partition coefficient (Wildman–Crippen LogP) is 2.58. The number of sulfonamides is 1. The van der Waals surface area contributed by atoms with Gasteiger partial charge in [0, 0.05) is 13.1 Å².